The van der Waals surface area contributed by atoms with Gasteiger partial charge in [0.15, 0.2) is 0 Å². The third-order valence-electron chi connectivity index (χ3n) is 2.23. The number of hydrogen-bond donors (Lipinski definition) is 1. The van der Waals surface area contributed by atoms with Crippen molar-refractivity contribution in [3.8, 4) is 0 Å². The van der Waals surface area contributed by atoms with Gasteiger partial charge in [-0.05, 0) is 29.7 Å². The molecule has 15 heavy (non-hydrogen) atoms. The van der Waals surface area contributed by atoms with Gasteiger partial charge >= 0.3 is 0 Å². The van der Waals surface area contributed by atoms with Crippen LogP contribution in [0.15, 0.2) is 54.6 Å². The molecule has 0 aromatic heterocycles. The lowest BCUT2D eigenvalue weighted by atomic mass is 10.1. The van der Waals surface area contributed by atoms with E-state index >= 15 is 0 Å². The minimum atomic E-state index is 0. The van der Waals surface area contributed by atoms with Crippen molar-refractivity contribution in [2.45, 2.75) is 6.42 Å². The molecule has 0 unspecified atom stereocenters. The SMILES string of the molecule is Cl.Nc1ccc(Cc2ccccc2)cc1. The maximum atomic E-state index is 5.62. The Morgan fingerprint density at radius 1 is 0.733 bits per heavy atom. The van der Waals surface area contributed by atoms with Crippen LogP contribution in [0, 0.1) is 0 Å². The molecule has 0 amide bonds. The smallest absolute Gasteiger partial charge is 0.0314 e. The van der Waals surface area contributed by atoms with Crippen LogP contribution in [0.5, 0.6) is 0 Å². The fourth-order valence-corrected chi connectivity index (χ4v) is 1.47. The van der Waals surface area contributed by atoms with Crippen molar-refractivity contribution in [2.24, 2.45) is 0 Å². The monoisotopic (exact) mass is 219 g/mol. The molecule has 0 aliphatic carbocycles. The van der Waals surface area contributed by atoms with E-state index in [0.29, 0.717) is 0 Å². The Balaban J connectivity index is 0.00000112. The molecule has 0 saturated heterocycles. The summed E-state index contributed by atoms with van der Waals surface area (Å²) in [6.07, 6.45) is 0.973. The zero-order chi connectivity index (χ0) is 9.80. The van der Waals surface area contributed by atoms with Crippen molar-refractivity contribution in [3.63, 3.8) is 0 Å². The van der Waals surface area contributed by atoms with Crippen molar-refractivity contribution in [1.29, 1.82) is 0 Å². The van der Waals surface area contributed by atoms with E-state index in [1.54, 1.807) is 0 Å². The zero-order valence-corrected chi connectivity index (χ0v) is 9.21. The number of rotatable bonds is 2. The molecular formula is C13H14ClN. The summed E-state index contributed by atoms with van der Waals surface area (Å²) in [7, 11) is 0. The number of nitrogen functional groups attached to an aromatic ring is 1. The molecule has 0 saturated carbocycles. The fraction of sp³-hybridized carbons (Fsp3) is 0.0769. The second-order valence-corrected chi connectivity index (χ2v) is 3.40. The maximum absolute atomic E-state index is 5.62. The molecule has 0 aliphatic rings. The Kier molecular flexibility index (Phi) is 4.19. The quantitative estimate of drug-likeness (QED) is 0.771. The molecule has 0 bridgehead atoms. The van der Waals surface area contributed by atoms with Crippen LogP contribution in [0.1, 0.15) is 11.1 Å². The summed E-state index contributed by atoms with van der Waals surface area (Å²) in [4.78, 5) is 0. The Bertz CT molecular complexity index is 395. The normalized spacial score (nSPS) is 9.33. The van der Waals surface area contributed by atoms with E-state index in [-0.39, 0.29) is 12.4 Å². The van der Waals surface area contributed by atoms with Gasteiger partial charge in [-0.1, -0.05) is 42.5 Å². The van der Waals surface area contributed by atoms with Crippen LogP contribution in [0.3, 0.4) is 0 Å². The van der Waals surface area contributed by atoms with Crippen LogP contribution >= 0.6 is 12.4 Å². The molecule has 2 aromatic carbocycles. The second-order valence-electron chi connectivity index (χ2n) is 3.40. The highest BCUT2D eigenvalue weighted by Crippen LogP contribution is 2.10. The van der Waals surface area contributed by atoms with Gasteiger partial charge in [-0.3, -0.25) is 0 Å². The summed E-state index contributed by atoms with van der Waals surface area (Å²) in [6.45, 7) is 0. The largest absolute Gasteiger partial charge is 0.399 e. The van der Waals surface area contributed by atoms with E-state index in [2.05, 4.69) is 36.4 Å². The second kappa shape index (κ2) is 5.42. The Hall–Kier alpha value is -1.47. The molecule has 2 rings (SSSR count). The van der Waals surface area contributed by atoms with Crippen molar-refractivity contribution < 1.29 is 0 Å². The van der Waals surface area contributed by atoms with E-state index in [1.165, 1.54) is 11.1 Å². The number of anilines is 1. The lowest BCUT2D eigenvalue weighted by molar-refractivity contribution is 1.19. The predicted octanol–water partition coefficient (Wildman–Crippen LogP) is 3.28. The van der Waals surface area contributed by atoms with E-state index < -0.39 is 0 Å². The average Bonchev–Trinajstić information content (AvgIpc) is 2.23. The van der Waals surface area contributed by atoms with Crippen LogP contribution in [0.4, 0.5) is 5.69 Å². The highest BCUT2D eigenvalue weighted by molar-refractivity contribution is 5.85. The van der Waals surface area contributed by atoms with Crippen LogP contribution in [-0.4, -0.2) is 0 Å². The molecule has 2 N–H and O–H groups in total. The summed E-state index contributed by atoms with van der Waals surface area (Å²) in [5, 5.41) is 0. The lowest BCUT2D eigenvalue weighted by Crippen LogP contribution is -1.89. The molecule has 1 nitrogen and oxygen atoms in total. The standard InChI is InChI=1S/C13H13N.ClH/c14-13-8-6-12(7-9-13)10-11-4-2-1-3-5-11;/h1-9H,10,14H2;1H. The summed E-state index contributed by atoms with van der Waals surface area (Å²) >= 11 is 0. The fourth-order valence-electron chi connectivity index (χ4n) is 1.47. The van der Waals surface area contributed by atoms with Gasteiger partial charge in [0.1, 0.15) is 0 Å². The number of halogens is 1. The Morgan fingerprint density at radius 3 is 1.87 bits per heavy atom. The third kappa shape index (κ3) is 3.30. The van der Waals surface area contributed by atoms with Crippen molar-refractivity contribution in [3.05, 3.63) is 65.7 Å². The first-order valence-electron chi connectivity index (χ1n) is 4.73. The van der Waals surface area contributed by atoms with Crippen molar-refractivity contribution >= 4 is 18.1 Å². The van der Waals surface area contributed by atoms with Gasteiger partial charge < -0.3 is 5.73 Å². The molecule has 0 atom stereocenters. The molecule has 2 aromatic rings. The first-order chi connectivity index (χ1) is 6.84. The predicted molar refractivity (Wildman–Crippen MR) is 67.4 cm³/mol. The topological polar surface area (TPSA) is 26.0 Å². The molecular weight excluding hydrogens is 206 g/mol. The highest BCUT2D eigenvalue weighted by atomic mass is 35.5. The summed E-state index contributed by atoms with van der Waals surface area (Å²) in [5.74, 6) is 0. The van der Waals surface area contributed by atoms with Gasteiger partial charge in [0.2, 0.25) is 0 Å². The minimum absolute atomic E-state index is 0. The van der Waals surface area contributed by atoms with Gasteiger partial charge in [0, 0.05) is 5.69 Å². The first-order valence-corrected chi connectivity index (χ1v) is 4.73. The molecule has 0 fully saturated rings. The Labute approximate surface area is 96.3 Å². The van der Waals surface area contributed by atoms with E-state index in [4.69, 9.17) is 5.73 Å². The van der Waals surface area contributed by atoms with E-state index in [0.717, 1.165) is 12.1 Å². The van der Waals surface area contributed by atoms with Gasteiger partial charge in [0.05, 0.1) is 0 Å². The lowest BCUT2D eigenvalue weighted by Gasteiger charge is -2.01. The number of benzene rings is 2. The minimum Gasteiger partial charge on any atom is -0.399 e. The van der Waals surface area contributed by atoms with Gasteiger partial charge in [-0.25, -0.2) is 0 Å². The molecule has 0 heterocycles. The van der Waals surface area contributed by atoms with Gasteiger partial charge in [0.25, 0.3) is 0 Å². The molecule has 0 aliphatic heterocycles. The third-order valence-corrected chi connectivity index (χ3v) is 2.23. The molecule has 2 heteroatoms. The Morgan fingerprint density at radius 2 is 1.27 bits per heavy atom. The molecule has 0 spiro atoms. The molecule has 0 radical (unpaired) electrons. The summed E-state index contributed by atoms with van der Waals surface area (Å²) in [6, 6.07) is 18.5. The van der Waals surface area contributed by atoms with Crippen LogP contribution < -0.4 is 5.73 Å². The van der Waals surface area contributed by atoms with Gasteiger partial charge in [-0.2, -0.15) is 0 Å². The maximum Gasteiger partial charge on any atom is 0.0314 e. The van der Waals surface area contributed by atoms with Crippen molar-refractivity contribution in [2.75, 3.05) is 5.73 Å². The van der Waals surface area contributed by atoms with Crippen LogP contribution in [0.25, 0.3) is 0 Å². The first kappa shape index (κ1) is 11.6. The van der Waals surface area contributed by atoms with E-state index in [1.807, 2.05) is 18.2 Å². The van der Waals surface area contributed by atoms with Crippen molar-refractivity contribution in [1.82, 2.24) is 0 Å². The summed E-state index contributed by atoms with van der Waals surface area (Å²) < 4.78 is 0. The zero-order valence-electron chi connectivity index (χ0n) is 8.39. The molecule has 78 valence electrons. The van der Waals surface area contributed by atoms with Crippen LogP contribution in [-0.2, 0) is 6.42 Å². The van der Waals surface area contributed by atoms with Crippen LogP contribution in [0.2, 0.25) is 0 Å². The number of nitrogens with two attached hydrogens (primary N) is 1. The van der Waals surface area contributed by atoms with E-state index in [9.17, 15) is 0 Å². The highest BCUT2D eigenvalue weighted by Gasteiger charge is 1.94. The number of hydrogen-bond acceptors (Lipinski definition) is 1. The average molecular weight is 220 g/mol. The van der Waals surface area contributed by atoms with Gasteiger partial charge in [-0.15, -0.1) is 12.4 Å². The summed E-state index contributed by atoms with van der Waals surface area (Å²) in [5.41, 5.74) is 9.07.